The van der Waals surface area contributed by atoms with Crippen LogP contribution in [0, 0.1) is 11.6 Å². The van der Waals surface area contributed by atoms with Gasteiger partial charge in [0.05, 0.1) is 15.2 Å². The summed E-state index contributed by atoms with van der Waals surface area (Å²) in [5, 5.41) is 0.246. The maximum Gasteiger partial charge on any atom is 0.145 e. The summed E-state index contributed by atoms with van der Waals surface area (Å²) in [6.07, 6.45) is 0. The van der Waals surface area contributed by atoms with Gasteiger partial charge in [-0.3, -0.25) is 0 Å². The molecule has 6 heteroatoms. The van der Waals surface area contributed by atoms with Gasteiger partial charge in [-0.2, -0.15) is 0 Å². The van der Waals surface area contributed by atoms with Gasteiger partial charge in [-0.1, -0.05) is 17.7 Å². The van der Waals surface area contributed by atoms with E-state index in [0.29, 0.717) is 11.3 Å². The molecule has 0 saturated carbocycles. The van der Waals surface area contributed by atoms with Gasteiger partial charge in [0.15, 0.2) is 0 Å². The van der Waals surface area contributed by atoms with Gasteiger partial charge >= 0.3 is 0 Å². The highest BCUT2D eigenvalue weighted by molar-refractivity contribution is 9.10. The Morgan fingerprint density at radius 3 is 2.63 bits per heavy atom. The third-order valence-electron chi connectivity index (χ3n) is 2.45. The average Bonchev–Trinajstić information content (AvgIpc) is 2.34. The number of anilines is 1. The summed E-state index contributed by atoms with van der Waals surface area (Å²) < 4.78 is 31.9. The van der Waals surface area contributed by atoms with Gasteiger partial charge in [0, 0.05) is 11.6 Å². The first-order valence-electron chi connectivity index (χ1n) is 5.28. The predicted molar refractivity (Wildman–Crippen MR) is 74.3 cm³/mol. The van der Waals surface area contributed by atoms with Crippen LogP contribution in [0.5, 0.6) is 5.75 Å². The zero-order valence-corrected chi connectivity index (χ0v) is 11.9. The molecule has 0 heterocycles. The van der Waals surface area contributed by atoms with Gasteiger partial charge < -0.3 is 10.5 Å². The summed E-state index contributed by atoms with van der Waals surface area (Å²) in [4.78, 5) is 0. The Kier molecular flexibility index (Phi) is 4.27. The molecule has 0 fully saturated rings. The molecule has 0 unspecified atom stereocenters. The van der Waals surface area contributed by atoms with Crippen LogP contribution in [0.1, 0.15) is 5.56 Å². The van der Waals surface area contributed by atoms with Gasteiger partial charge in [0.25, 0.3) is 0 Å². The highest BCUT2D eigenvalue weighted by Crippen LogP contribution is 2.29. The summed E-state index contributed by atoms with van der Waals surface area (Å²) >= 11 is 8.88. The van der Waals surface area contributed by atoms with Crippen LogP contribution in [0.25, 0.3) is 0 Å². The lowest BCUT2D eigenvalue weighted by molar-refractivity contribution is 0.306. The molecule has 0 saturated heterocycles. The molecule has 2 nitrogen and oxygen atoms in total. The van der Waals surface area contributed by atoms with E-state index in [1.54, 1.807) is 0 Å². The molecule has 0 aromatic heterocycles. The first-order valence-corrected chi connectivity index (χ1v) is 6.45. The van der Waals surface area contributed by atoms with Gasteiger partial charge in [-0.05, 0) is 34.1 Å². The molecule has 0 spiro atoms. The van der Waals surface area contributed by atoms with Crippen molar-refractivity contribution in [2.75, 3.05) is 5.73 Å². The fraction of sp³-hybridized carbons (Fsp3) is 0.0769. The van der Waals surface area contributed by atoms with Crippen LogP contribution in [0.4, 0.5) is 14.5 Å². The Morgan fingerprint density at radius 2 is 1.95 bits per heavy atom. The zero-order chi connectivity index (χ0) is 14.0. The predicted octanol–water partition coefficient (Wildman–Crippen LogP) is 4.54. The van der Waals surface area contributed by atoms with Gasteiger partial charge in [-0.25, -0.2) is 8.78 Å². The number of hydrogen-bond acceptors (Lipinski definition) is 2. The molecule has 2 rings (SSSR count). The molecule has 0 bridgehead atoms. The summed E-state index contributed by atoms with van der Waals surface area (Å²) in [5.74, 6) is -0.696. The number of hydrogen-bond donors (Lipinski definition) is 1. The van der Waals surface area contributed by atoms with Crippen molar-refractivity contribution in [1.82, 2.24) is 0 Å². The molecular formula is C13H9BrClF2NO. The number of rotatable bonds is 3. The SMILES string of the molecule is Nc1cc(Br)c(F)cc1OCc1ccc(F)cc1Cl. The van der Waals surface area contributed by atoms with E-state index in [4.69, 9.17) is 22.1 Å². The third kappa shape index (κ3) is 3.36. The lowest BCUT2D eigenvalue weighted by atomic mass is 10.2. The Labute approximate surface area is 122 Å². The van der Waals surface area contributed by atoms with Gasteiger partial charge in [0.1, 0.15) is 24.0 Å². The highest BCUT2D eigenvalue weighted by Gasteiger charge is 2.09. The van der Waals surface area contributed by atoms with E-state index in [9.17, 15) is 8.78 Å². The Balaban J connectivity index is 2.16. The van der Waals surface area contributed by atoms with Crippen LogP contribution in [-0.4, -0.2) is 0 Å². The Hall–Kier alpha value is -1.33. The smallest absolute Gasteiger partial charge is 0.145 e. The quantitative estimate of drug-likeness (QED) is 0.826. The zero-order valence-electron chi connectivity index (χ0n) is 9.59. The first-order chi connectivity index (χ1) is 8.97. The first kappa shape index (κ1) is 14.1. The van der Waals surface area contributed by atoms with Crippen LogP contribution < -0.4 is 10.5 Å². The second kappa shape index (κ2) is 5.75. The largest absolute Gasteiger partial charge is 0.487 e. The number of nitrogen functional groups attached to an aromatic ring is 1. The van der Waals surface area contributed by atoms with Crippen molar-refractivity contribution in [3.05, 3.63) is 57.0 Å². The molecule has 0 aliphatic carbocycles. The monoisotopic (exact) mass is 347 g/mol. The second-order valence-electron chi connectivity index (χ2n) is 3.83. The number of benzene rings is 2. The number of halogens is 4. The van der Waals surface area contributed by atoms with E-state index in [2.05, 4.69) is 15.9 Å². The van der Waals surface area contributed by atoms with Crippen molar-refractivity contribution in [3.8, 4) is 5.75 Å². The van der Waals surface area contributed by atoms with Crippen LogP contribution in [-0.2, 0) is 6.61 Å². The van der Waals surface area contributed by atoms with E-state index in [0.717, 1.165) is 0 Å². The van der Waals surface area contributed by atoms with Gasteiger partial charge in [0.2, 0.25) is 0 Å². The van der Waals surface area contributed by atoms with Crippen LogP contribution in [0.15, 0.2) is 34.8 Å². The van der Waals surface area contributed by atoms with E-state index < -0.39 is 11.6 Å². The summed E-state index contributed by atoms with van der Waals surface area (Å²) in [6.45, 7) is 0.0738. The minimum absolute atomic E-state index is 0.0738. The highest BCUT2D eigenvalue weighted by atomic mass is 79.9. The third-order valence-corrected chi connectivity index (χ3v) is 3.41. The topological polar surface area (TPSA) is 35.2 Å². The summed E-state index contributed by atoms with van der Waals surface area (Å²) in [6, 6.07) is 6.55. The molecule has 0 amide bonds. The normalized spacial score (nSPS) is 10.5. The molecule has 0 atom stereocenters. The van der Waals surface area contributed by atoms with Gasteiger partial charge in [-0.15, -0.1) is 0 Å². The second-order valence-corrected chi connectivity index (χ2v) is 5.09. The minimum Gasteiger partial charge on any atom is -0.487 e. The van der Waals surface area contributed by atoms with Crippen molar-refractivity contribution in [3.63, 3.8) is 0 Å². The lowest BCUT2D eigenvalue weighted by Gasteiger charge is -2.11. The van der Waals surface area contributed by atoms with Crippen LogP contribution in [0.3, 0.4) is 0 Å². The average molecular weight is 349 g/mol. The minimum atomic E-state index is -0.477. The molecule has 100 valence electrons. The van der Waals surface area contributed by atoms with Crippen molar-refractivity contribution < 1.29 is 13.5 Å². The fourth-order valence-corrected chi connectivity index (χ4v) is 2.05. The maximum absolute atomic E-state index is 13.4. The number of ether oxygens (including phenoxy) is 1. The summed E-state index contributed by atoms with van der Waals surface area (Å²) in [5.41, 5.74) is 6.59. The summed E-state index contributed by atoms with van der Waals surface area (Å²) in [7, 11) is 0. The van der Waals surface area contributed by atoms with Crippen molar-refractivity contribution in [2.45, 2.75) is 6.61 Å². The van der Waals surface area contributed by atoms with Crippen molar-refractivity contribution in [1.29, 1.82) is 0 Å². The molecule has 0 radical (unpaired) electrons. The Bertz CT molecular complexity index is 622. The molecular weight excluding hydrogens is 340 g/mol. The fourth-order valence-electron chi connectivity index (χ4n) is 1.46. The number of nitrogens with two attached hydrogens (primary N) is 1. The molecule has 19 heavy (non-hydrogen) atoms. The molecule has 2 aromatic rings. The van der Waals surface area contributed by atoms with E-state index in [1.807, 2.05) is 0 Å². The Morgan fingerprint density at radius 1 is 1.21 bits per heavy atom. The maximum atomic E-state index is 13.4. The van der Waals surface area contributed by atoms with E-state index >= 15 is 0 Å². The molecule has 0 aliphatic heterocycles. The van der Waals surface area contributed by atoms with Crippen molar-refractivity contribution in [2.24, 2.45) is 0 Å². The molecule has 2 N–H and O–H groups in total. The van der Waals surface area contributed by atoms with Crippen LogP contribution in [0.2, 0.25) is 5.02 Å². The molecule has 0 aliphatic rings. The van der Waals surface area contributed by atoms with Crippen LogP contribution >= 0.6 is 27.5 Å². The van der Waals surface area contributed by atoms with E-state index in [1.165, 1.54) is 30.3 Å². The standard InChI is InChI=1S/C13H9BrClF2NO/c14-9-4-12(18)13(5-11(9)17)19-6-7-1-2-8(16)3-10(7)15/h1-5H,6,18H2. The van der Waals surface area contributed by atoms with Crippen molar-refractivity contribution >= 4 is 33.2 Å². The van der Waals surface area contributed by atoms with E-state index in [-0.39, 0.29) is 21.9 Å². The molecule has 2 aromatic carbocycles. The lowest BCUT2D eigenvalue weighted by Crippen LogP contribution is -2.00.